The molecule has 0 amide bonds. The van der Waals surface area contributed by atoms with E-state index in [9.17, 15) is 4.79 Å². The van der Waals surface area contributed by atoms with Crippen LogP contribution >= 0.6 is 0 Å². The summed E-state index contributed by atoms with van der Waals surface area (Å²) in [7, 11) is 1.82. The minimum atomic E-state index is -0.0573. The Morgan fingerprint density at radius 3 is 2.52 bits per heavy atom. The maximum atomic E-state index is 11.9. The van der Waals surface area contributed by atoms with Crippen molar-refractivity contribution in [1.82, 2.24) is 10.2 Å². The lowest BCUT2D eigenvalue weighted by atomic mass is 9.97. The lowest BCUT2D eigenvalue weighted by Gasteiger charge is -2.33. The number of likely N-dealkylation sites (tertiary alicyclic amines) is 1. The monoisotopic (exact) mass is 345 g/mol. The molecule has 5 heteroatoms. The normalized spacial score (nSPS) is 17.3. The quantitative estimate of drug-likeness (QED) is 0.506. The lowest BCUT2D eigenvalue weighted by Crippen LogP contribution is -2.47. The van der Waals surface area contributed by atoms with Gasteiger partial charge in [0.15, 0.2) is 5.96 Å². The third kappa shape index (κ3) is 5.48. The van der Waals surface area contributed by atoms with Gasteiger partial charge in [-0.1, -0.05) is 36.8 Å². The van der Waals surface area contributed by atoms with Crippen LogP contribution in [0, 0.1) is 12.8 Å². The first-order chi connectivity index (χ1) is 12.0. The Balaban J connectivity index is 1.83. The summed E-state index contributed by atoms with van der Waals surface area (Å²) in [6.07, 6.45) is 1.65. The molecule has 1 saturated heterocycles. The number of hydrogen-bond donors (Lipinski definition) is 1. The average molecular weight is 345 g/mol. The molecule has 1 N–H and O–H groups in total. The maximum absolute atomic E-state index is 11.9. The van der Waals surface area contributed by atoms with Crippen LogP contribution in [0.4, 0.5) is 0 Å². The van der Waals surface area contributed by atoms with Gasteiger partial charge in [0, 0.05) is 26.7 Å². The molecule has 1 atom stereocenters. The van der Waals surface area contributed by atoms with Crippen LogP contribution < -0.4 is 5.32 Å². The van der Waals surface area contributed by atoms with Crippen LogP contribution in [-0.2, 0) is 9.53 Å². The molecule has 1 aromatic rings. The first kappa shape index (κ1) is 19.3. The topological polar surface area (TPSA) is 53.9 Å². The van der Waals surface area contributed by atoms with Crippen LogP contribution in [0.15, 0.2) is 29.3 Å². The first-order valence-electron chi connectivity index (χ1n) is 9.24. The molecule has 1 aliphatic rings. The van der Waals surface area contributed by atoms with Gasteiger partial charge in [-0.2, -0.15) is 0 Å². The van der Waals surface area contributed by atoms with Crippen LogP contribution in [0.1, 0.15) is 43.7 Å². The van der Waals surface area contributed by atoms with Crippen molar-refractivity contribution in [1.29, 1.82) is 0 Å². The number of aliphatic imine (C=N–C) groups is 1. The van der Waals surface area contributed by atoms with E-state index in [0.29, 0.717) is 12.5 Å². The van der Waals surface area contributed by atoms with Crippen LogP contribution in [0.2, 0.25) is 0 Å². The van der Waals surface area contributed by atoms with Crippen molar-refractivity contribution < 1.29 is 9.53 Å². The highest BCUT2D eigenvalue weighted by molar-refractivity contribution is 5.80. The van der Waals surface area contributed by atoms with E-state index in [1.165, 1.54) is 11.1 Å². The van der Waals surface area contributed by atoms with E-state index in [2.05, 4.69) is 53.3 Å². The predicted molar refractivity (Wildman–Crippen MR) is 102 cm³/mol. The Hall–Kier alpha value is -2.04. The summed E-state index contributed by atoms with van der Waals surface area (Å²) < 4.78 is 5.14. The summed E-state index contributed by atoms with van der Waals surface area (Å²) in [5, 5.41) is 3.48. The third-order valence-corrected chi connectivity index (χ3v) is 4.84. The summed E-state index contributed by atoms with van der Waals surface area (Å²) >= 11 is 0. The van der Waals surface area contributed by atoms with Crippen molar-refractivity contribution in [2.75, 3.05) is 33.3 Å². The highest BCUT2D eigenvalue weighted by Crippen LogP contribution is 2.19. The number of guanidine groups is 1. The second kappa shape index (κ2) is 9.44. The first-order valence-corrected chi connectivity index (χ1v) is 9.24. The summed E-state index contributed by atoms with van der Waals surface area (Å²) in [6, 6.07) is 8.69. The van der Waals surface area contributed by atoms with Crippen molar-refractivity contribution in [3.8, 4) is 0 Å². The molecule has 2 rings (SSSR count). The number of rotatable bonds is 5. The van der Waals surface area contributed by atoms with Crippen molar-refractivity contribution in [3.63, 3.8) is 0 Å². The van der Waals surface area contributed by atoms with E-state index < -0.39 is 0 Å². The van der Waals surface area contributed by atoms with Gasteiger partial charge in [-0.25, -0.2) is 0 Å². The number of benzene rings is 1. The summed E-state index contributed by atoms with van der Waals surface area (Å²) in [5.74, 6) is 1.30. The summed E-state index contributed by atoms with van der Waals surface area (Å²) in [6.45, 7) is 9.15. The molecule has 0 spiro atoms. The van der Waals surface area contributed by atoms with E-state index in [4.69, 9.17) is 4.74 Å². The second-order valence-electron chi connectivity index (χ2n) is 6.75. The Bertz CT molecular complexity index is 575. The standard InChI is InChI=1S/C20H31N3O2/c1-5-25-19(24)18-10-12-23(13-11-18)20(21-4)22-14-16(3)17-8-6-15(2)7-9-17/h6-9,16,18H,5,10-14H2,1-4H3,(H,21,22). The molecule has 5 nitrogen and oxygen atoms in total. The van der Waals surface area contributed by atoms with Gasteiger partial charge in [0.25, 0.3) is 0 Å². The summed E-state index contributed by atoms with van der Waals surface area (Å²) in [4.78, 5) is 18.5. The van der Waals surface area contributed by atoms with Crippen LogP contribution in [0.25, 0.3) is 0 Å². The van der Waals surface area contributed by atoms with Gasteiger partial charge >= 0.3 is 5.97 Å². The number of carbonyl (C=O) groups is 1. The van der Waals surface area contributed by atoms with Gasteiger partial charge in [0.2, 0.25) is 0 Å². The molecule has 1 fully saturated rings. The molecule has 0 saturated carbocycles. The van der Waals surface area contributed by atoms with E-state index in [1.54, 1.807) is 0 Å². The van der Waals surface area contributed by atoms with E-state index >= 15 is 0 Å². The average Bonchev–Trinajstić information content (AvgIpc) is 2.63. The zero-order valence-corrected chi connectivity index (χ0v) is 15.9. The van der Waals surface area contributed by atoms with Gasteiger partial charge in [-0.3, -0.25) is 9.79 Å². The van der Waals surface area contributed by atoms with E-state index in [-0.39, 0.29) is 11.9 Å². The fourth-order valence-corrected chi connectivity index (χ4v) is 3.18. The van der Waals surface area contributed by atoms with Gasteiger partial charge < -0.3 is 15.0 Å². The number of hydrogen-bond acceptors (Lipinski definition) is 3. The molecule has 0 aliphatic carbocycles. The Labute approximate surface area is 151 Å². The van der Waals surface area contributed by atoms with Gasteiger partial charge in [-0.15, -0.1) is 0 Å². The Kier molecular flexibility index (Phi) is 7.29. The number of nitrogens with zero attached hydrogens (tertiary/aromatic N) is 2. The van der Waals surface area contributed by atoms with Crippen molar-refractivity contribution in [2.24, 2.45) is 10.9 Å². The van der Waals surface area contributed by atoms with Gasteiger partial charge in [0.1, 0.15) is 0 Å². The molecule has 1 unspecified atom stereocenters. The van der Waals surface area contributed by atoms with Crippen molar-refractivity contribution in [3.05, 3.63) is 35.4 Å². The maximum Gasteiger partial charge on any atom is 0.309 e. The molecule has 1 aliphatic heterocycles. The third-order valence-electron chi connectivity index (χ3n) is 4.84. The van der Waals surface area contributed by atoms with Crippen LogP contribution in [0.3, 0.4) is 0 Å². The molecule has 1 heterocycles. The summed E-state index contributed by atoms with van der Waals surface area (Å²) in [5.41, 5.74) is 2.61. The molecule has 0 bridgehead atoms. The largest absolute Gasteiger partial charge is 0.466 e. The lowest BCUT2D eigenvalue weighted by molar-refractivity contribution is -0.149. The SMILES string of the molecule is CCOC(=O)C1CCN(C(=NC)NCC(C)c2ccc(C)cc2)CC1. The minimum Gasteiger partial charge on any atom is -0.466 e. The number of nitrogens with one attached hydrogen (secondary N) is 1. The molecular formula is C20H31N3O2. The van der Waals surface area contributed by atoms with Gasteiger partial charge in [0.05, 0.1) is 12.5 Å². The molecule has 138 valence electrons. The number of piperidine rings is 1. The van der Waals surface area contributed by atoms with E-state index in [1.807, 2.05) is 14.0 Å². The molecule has 1 aromatic carbocycles. The zero-order valence-electron chi connectivity index (χ0n) is 15.9. The molecule has 0 radical (unpaired) electrons. The van der Waals surface area contributed by atoms with Gasteiger partial charge in [-0.05, 0) is 38.2 Å². The highest BCUT2D eigenvalue weighted by atomic mass is 16.5. The number of carbonyl (C=O) groups excluding carboxylic acids is 1. The fraction of sp³-hybridized carbons (Fsp3) is 0.600. The van der Waals surface area contributed by atoms with Crippen LogP contribution in [0.5, 0.6) is 0 Å². The van der Waals surface area contributed by atoms with Crippen LogP contribution in [-0.4, -0.2) is 50.1 Å². The molecular weight excluding hydrogens is 314 g/mol. The molecule has 0 aromatic heterocycles. The Morgan fingerprint density at radius 2 is 1.96 bits per heavy atom. The number of esters is 1. The number of aryl methyl sites for hydroxylation is 1. The second-order valence-corrected chi connectivity index (χ2v) is 6.75. The number of ether oxygens (including phenoxy) is 1. The van der Waals surface area contributed by atoms with Crippen molar-refractivity contribution in [2.45, 2.75) is 39.5 Å². The smallest absolute Gasteiger partial charge is 0.309 e. The highest BCUT2D eigenvalue weighted by Gasteiger charge is 2.27. The molecule has 25 heavy (non-hydrogen) atoms. The Morgan fingerprint density at radius 1 is 1.32 bits per heavy atom. The van der Waals surface area contributed by atoms with Crippen molar-refractivity contribution >= 4 is 11.9 Å². The zero-order chi connectivity index (χ0) is 18.2. The fourth-order valence-electron chi connectivity index (χ4n) is 3.18. The van der Waals surface area contributed by atoms with E-state index in [0.717, 1.165) is 38.4 Å². The predicted octanol–water partition coefficient (Wildman–Crippen LogP) is 2.95. The minimum absolute atomic E-state index is 0.0285.